The quantitative estimate of drug-likeness (QED) is 0.793. The summed E-state index contributed by atoms with van der Waals surface area (Å²) in [5.74, 6) is -0.169. The Kier molecular flexibility index (Phi) is 2.63. The van der Waals surface area contributed by atoms with Crippen LogP contribution >= 0.6 is 12.4 Å². The Hall–Kier alpha value is -1.14. The highest BCUT2D eigenvalue weighted by molar-refractivity contribution is 5.85. The number of rotatable bonds is 3. The second kappa shape index (κ2) is 3.71. The molecule has 3 rings (SSSR count). The molecular formula is C9H12ClN3O3. The zero-order valence-electron chi connectivity index (χ0n) is 8.42. The predicted molar refractivity (Wildman–Crippen MR) is 55.3 cm³/mol. The van der Waals surface area contributed by atoms with Gasteiger partial charge in [0.1, 0.15) is 6.04 Å². The zero-order valence-corrected chi connectivity index (χ0v) is 9.24. The number of hydrogen-bond acceptors (Lipinski definition) is 5. The number of aromatic nitrogens is 2. The van der Waals surface area contributed by atoms with Crippen LogP contribution < -0.4 is 5.32 Å². The molecular weight excluding hydrogens is 234 g/mol. The average molecular weight is 246 g/mol. The summed E-state index contributed by atoms with van der Waals surface area (Å²) < 4.78 is 4.95. The number of halogens is 1. The molecule has 16 heavy (non-hydrogen) atoms. The van der Waals surface area contributed by atoms with Crippen molar-refractivity contribution >= 4 is 18.4 Å². The molecule has 6 nitrogen and oxygen atoms in total. The number of piperidine rings is 1. The summed E-state index contributed by atoms with van der Waals surface area (Å²) in [6.07, 6.45) is 3.74. The number of carboxylic acid groups (broad SMARTS) is 1. The fourth-order valence-corrected chi connectivity index (χ4v) is 2.52. The highest BCUT2D eigenvalue weighted by Gasteiger charge is 2.62. The van der Waals surface area contributed by atoms with Crippen LogP contribution in [0, 0.1) is 5.41 Å². The molecule has 1 saturated heterocycles. The minimum Gasteiger partial charge on any atom is -0.480 e. The van der Waals surface area contributed by atoms with E-state index in [1.165, 1.54) is 6.33 Å². The molecule has 3 unspecified atom stereocenters. The Morgan fingerprint density at radius 2 is 2.50 bits per heavy atom. The molecule has 1 aliphatic carbocycles. The third-order valence-corrected chi connectivity index (χ3v) is 3.41. The van der Waals surface area contributed by atoms with Crippen molar-refractivity contribution in [3.8, 4) is 0 Å². The molecule has 2 N–H and O–H groups in total. The van der Waals surface area contributed by atoms with Gasteiger partial charge < -0.3 is 14.9 Å². The van der Waals surface area contributed by atoms with Crippen LogP contribution in [-0.2, 0) is 11.2 Å². The van der Waals surface area contributed by atoms with E-state index in [-0.39, 0.29) is 17.8 Å². The fraction of sp³-hybridized carbons (Fsp3) is 0.667. The first kappa shape index (κ1) is 11.3. The maximum Gasteiger partial charge on any atom is 0.320 e. The van der Waals surface area contributed by atoms with E-state index >= 15 is 0 Å². The van der Waals surface area contributed by atoms with E-state index in [2.05, 4.69) is 15.5 Å². The molecule has 3 atom stereocenters. The highest BCUT2D eigenvalue weighted by atomic mass is 35.5. The molecule has 0 radical (unpaired) electrons. The molecule has 0 bridgehead atoms. The largest absolute Gasteiger partial charge is 0.480 e. The van der Waals surface area contributed by atoms with Crippen LogP contribution in [0.4, 0.5) is 0 Å². The van der Waals surface area contributed by atoms with Crippen molar-refractivity contribution in [1.29, 1.82) is 0 Å². The maximum atomic E-state index is 10.8. The molecule has 1 aromatic rings. The van der Waals surface area contributed by atoms with Crippen LogP contribution in [0.15, 0.2) is 10.9 Å². The van der Waals surface area contributed by atoms with Crippen molar-refractivity contribution < 1.29 is 14.4 Å². The van der Waals surface area contributed by atoms with Gasteiger partial charge in [0.25, 0.3) is 0 Å². The summed E-state index contributed by atoms with van der Waals surface area (Å²) in [5, 5.41) is 15.5. The Labute approximate surface area is 97.8 Å². The summed E-state index contributed by atoms with van der Waals surface area (Å²) in [5.41, 5.74) is 0.0512. The van der Waals surface area contributed by atoms with Gasteiger partial charge >= 0.3 is 5.97 Å². The van der Waals surface area contributed by atoms with Crippen LogP contribution in [0.2, 0.25) is 0 Å². The molecule has 1 aliphatic heterocycles. The third-order valence-electron chi connectivity index (χ3n) is 3.41. The minimum atomic E-state index is -0.771. The number of carbonyl (C=O) groups is 1. The molecule has 2 aliphatic rings. The van der Waals surface area contributed by atoms with Gasteiger partial charge in [-0.1, -0.05) is 5.16 Å². The van der Waals surface area contributed by atoms with Gasteiger partial charge in [-0.2, -0.15) is 4.98 Å². The average Bonchev–Trinajstić information content (AvgIpc) is 2.63. The van der Waals surface area contributed by atoms with Crippen LogP contribution in [-0.4, -0.2) is 33.3 Å². The van der Waals surface area contributed by atoms with E-state index in [4.69, 9.17) is 9.63 Å². The first-order chi connectivity index (χ1) is 7.20. The number of nitrogens with zero attached hydrogens (tertiary/aromatic N) is 2. The topological polar surface area (TPSA) is 88.2 Å². The van der Waals surface area contributed by atoms with Crippen LogP contribution in [0.5, 0.6) is 0 Å². The van der Waals surface area contributed by atoms with E-state index in [1.807, 2.05) is 0 Å². The Morgan fingerprint density at radius 3 is 3.06 bits per heavy atom. The van der Waals surface area contributed by atoms with Gasteiger partial charge in [0.15, 0.2) is 6.33 Å². The van der Waals surface area contributed by atoms with E-state index < -0.39 is 12.0 Å². The predicted octanol–water partition coefficient (Wildman–Crippen LogP) is 0.239. The first-order valence-corrected chi connectivity index (χ1v) is 4.94. The Bertz CT molecular complexity index is 397. The van der Waals surface area contributed by atoms with Gasteiger partial charge in [-0.05, 0) is 18.3 Å². The number of nitrogens with one attached hydrogen (secondary N) is 1. The van der Waals surface area contributed by atoms with Gasteiger partial charge in [-0.3, -0.25) is 4.79 Å². The number of aliphatic carboxylic acids is 1. The second-order valence-electron chi connectivity index (χ2n) is 4.39. The summed E-state index contributed by atoms with van der Waals surface area (Å²) >= 11 is 0. The van der Waals surface area contributed by atoms with Crippen LogP contribution in [0.1, 0.15) is 18.7 Å². The zero-order chi connectivity index (χ0) is 10.5. The molecule has 0 aromatic carbocycles. The lowest BCUT2D eigenvalue weighted by Crippen LogP contribution is -2.33. The number of hydrogen-bond donors (Lipinski definition) is 2. The molecule has 0 amide bonds. The monoisotopic (exact) mass is 245 g/mol. The standard InChI is InChI=1S/C9H11N3O3.ClH/c13-8(14)5-1-9(2-6(9)12-5)3-7-10-4-11-15-7;/h4-6,12H,1-3H2,(H,13,14);1H. The van der Waals surface area contributed by atoms with Gasteiger partial charge in [0, 0.05) is 12.5 Å². The smallest absolute Gasteiger partial charge is 0.320 e. The van der Waals surface area contributed by atoms with Gasteiger partial charge in [0.2, 0.25) is 5.89 Å². The Balaban J connectivity index is 0.000000963. The van der Waals surface area contributed by atoms with Gasteiger partial charge in [-0.15, -0.1) is 12.4 Å². The van der Waals surface area contributed by atoms with Crippen molar-refractivity contribution in [3.05, 3.63) is 12.2 Å². The van der Waals surface area contributed by atoms with Crippen molar-refractivity contribution in [2.75, 3.05) is 0 Å². The first-order valence-electron chi connectivity index (χ1n) is 4.94. The van der Waals surface area contributed by atoms with E-state index in [0.29, 0.717) is 24.8 Å². The molecule has 1 aromatic heterocycles. The summed E-state index contributed by atoms with van der Waals surface area (Å²) in [6, 6.07) is -0.0998. The molecule has 2 fully saturated rings. The lowest BCUT2D eigenvalue weighted by molar-refractivity contribution is -0.139. The molecule has 7 heteroatoms. The van der Waals surface area contributed by atoms with Crippen molar-refractivity contribution in [3.63, 3.8) is 0 Å². The molecule has 0 spiro atoms. The number of fused-ring (bicyclic) bond motifs is 1. The summed E-state index contributed by atoms with van der Waals surface area (Å²) in [6.45, 7) is 0. The number of carboxylic acids is 1. The van der Waals surface area contributed by atoms with E-state index in [0.717, 1.165) is 6.42 Å². The molecule has 2 heterocycles. The van der Waals surface area contributed by atoms with Crippen LogP contribution in [0.3, 0.4) is 0 Å². The van der Waals surface area contributed by atoms with E-state index in [9.17, 15) is 4.79 Å². The van der Waals surface area contributed by atoms with Gasteiger partial charge in [0.05, 0.1) is 0 Å². The Morgan fingerprint density at radius 1 is 1.69 bits per heavy atom. The summed E-state index contributed by atoms with van der Waals surface area (Å²) in [4.78, 5) is 14.8. The highest BCUT2D eigenvalue weighted by Crippen LogP contribution is 2.56. The van der Waals surface area contributed by atoms with Crippen molar-refractivity contribution in [2.45, 2.75) is 31.3 Å². The van der Waals surface area contributed by atoms with Crippen molar-refractivity contribution in [2.24, 2.45) is 5.41 Å². The van der Waals surface area contributed by atoms with Gasteiger partial charge in [-0.25, -0.2) is 0 Å². The molecule has 88 valence electrons. The minimum absolute atomic E-state index is 0. The lowest BCUT2D eigenvalue weighted by atomic mass is 9.96. The lowest BCUT2D eigenvalue weighted by Gasteiger charge is -2.10. The fourth-order valence-electron chi connectivity index (χ4n) is 2.52. The molecule has 1 saturated carbocycles. The van der Waals surface area contributed by atoms with E-state index in [1.54, 1.807) is 0 Å². The van der Waals surface area contributed by atoms with Crippen molar-refractivity contribution in [1.82, 2.24) is 15.5 Å². The second-order valence-corrected chi connectivity index (χ2v) is 4.39. The maximum absolute atomic E-state index is 10.8. The normalized spacial score (nSPS) is 35.2. The van der Waals surface area contributed by atoms with Crippen LogP contribution in [0.25, 0.3) is 0 Å². The summed E-state index contributed by atoms with van der Waals surface area (Å²) in [7, 11) is 0. The third kappa shape index (κ3) is 1.68. The SMILES string of the molecule is Cl.O=C(O)C1CC2(Cc3ncno3)CC2N1.